The second kappa shape index (κ2) is 6.93. The van der Waals surface area contributed by atoms with E-state index in [4.69, 9.17) is 4.74 Å². The lowest BCUT2D eigenvalue weighted by atomic mass is 10.1. The van der Waals surface area contributed by atoms with Gasteiger partial charge in [-0.2, -0.15) is 0 Å². The molecule has 0 amide bonds. The van der Waals surface area contributed by atoms with E-state index in [-0.39, 0.29) is 32.4 Å². The van der Waals surface area contributed by atoms with E-state index in [1.54, 1.807) is 6.07 Å². The summed E-state index contributed by atoms with van der Waals surface area (Å²) in [7, 11) is -4.16. The van der Waals surface area contributed by atoms with Crippen molar-refractivity contribution in [1.29, 1.82) is 0 Å². The van der Waals surface area contributed by atoms with Crippen molar-refractivity contribution < 1.29 is 27.4 Å². The number of fused-ring (bicyclic) bond motifs is 3. The number of carbonyl (C=O) groups is 1. The highest BCUT2D eigenvalue weighted by Gasteiger charge is 2.35. The minimum atomic E-state index is -4.16. The number of carboxylic acids is 1. The number of nitrogens with zero attached hydrogens (tertiary/aromatic N) is 1. The molecule has 0 unspecified atom stereocenters. The first-order chi connectivity index (χ1) is 13.3. The van der Waals surface area contributed by atoms with Crippen molar-refractivity contribution in [2.75, 3.05) is 22.8 Å². The van der Waals surface area contributed by atoms with Gasteiger partial charge in [0.15, 0.2) is 5.75 Å². The smallest absolute Gasteiger partial charge is 0.341 e. The van der Waals surface area contributed by atoms with Gasteiger partial charge < -0.3 is 14.7 Å². The highest BCUT2D eigenvalue weighted by Crippen LogP contribution is 2.43. The van der Waals surface area contributed by atoms with E-state index in [0.717, 1.165) is 37.6 Å². The van der Waals surface area contributed by atoms with Crippen molar-refractivity contribution in [1.82, 2.24) is 0 Å². The zero-order valence-corrected chi connectivity index (χ0v) is 16.9. The third-order valence-corrected chi connectivity index (χ3v) is 7.23. The van der Waals surface area contributed by atoms with Crippen LogP contribution in [0.5, 0.6) is 5.75 Å². The van der Waals surface area contributed by atoms with Crippen LogP contribution in [0.3, 0.4) is 0 Å². The molecule has 2 aliphatic rings. The Morgan fingerprint density at radius 2 is 2.11 bits per heavy atom. The van der Waals surface area contributed by atoms with Gasteiger partial charge in [-0.15, -0.1) is 0 Å². The maximum atomic E-state index is 13.3. The SMILES string of the molecule is O=C(O)c1c(NS(=O)(=O)c2ccc(F)cc2Br)ccc2c1OC[C@@H]1CCCN21. The van der Waals surface area contributed by atoms with Crippen LogP contribution >= 0.6 is 15.9 Å². The molecule has 0 spiro atoms. The van der Waals surface area contributed by atoms with Gasteiger partial charge in [0.25, 0.3) is 10.0 Å². The lowest BCUT2D eigenvalue weighted by Crippen LogP contribution is -2.38. The molecule has 2 aromatic carbocycles. The van der Waals surface area contributed by atoms with Crippen LogP contribution in [0.15, 0.2) is 39.7 Å². The van der Waals surface area contributed by atoms with E-state index >= 15 is 0 Å². The Morgan fingerprint density at radius 1 is 1.32 bits per heavy atom. The molecule has 4 rings (SSSR count). The van der Waals surface area contributed by atoms with Crippen LogP contribution in [0.1, 0.15) is 23.2 Å². The topological polar surface area (TPSA) is 95.9 Å². The summed E-state index contributed by atoms with van der Waals surface area (Å²) < 4.78 is 46.8. The monoisotopic (exact) mass is 470 g/mol. The number of ether oxygens (including phenoxy) is 1. The van der Waals surface area contributed by atoms with Crippen LogP contribution in [0.2, 0.25) is 0 Å². The van der Waals surface area contributed by atoms with Crippen LogP contribution < -0.4 is 14.4 Å². The molecule has 2 aliphatic heterocycles. The predicted octanol–water partition coefficient (Wildman–Crippen LogP) is 3.45. The number of sulfonamides is 1. The lowest BCUT2D eigenvalue weighted by molar-refractivity contribution is 0.0692. The van der Waals surface area contributed by atoms with Crippen molar-refractivity contribution in [3.63, 3.8) is 0 Å². The molecule has 1 atom stereocenters. The number of halogens is 2. The van der Waals surface area contributed by atoms with E-state index in [1.165, 1.54) is 6.07 Å². The van der Waals surface area contributed by atoms with Crippen molar-refractivity contribution >= 4 is 43.3 Å². The Bertz CT molecular complexity index is 1080. The summed E-state index contributed by atoms with van der Waals surface area (Å²) in [6.07, 6.45) is 1.96. The van der Waals surface area contributed by atoms with Crippen LogP contribution in [0, 0.1) is 5.82 Å². The van der Waals surface area contributed by atoms with Gasteiger partial charge in [-0.3, -0.25) is 4.72 Å². The van der Waals surface area contributed by atoms with Crippen LogP contribution in [0.4, 0.5) is 15.8 Å². The molecule has 1 saturated heterocycles. The van der Waals surface area contributed by atoms with E-state index in [0.29, 0.717) is 12.3 Å². The third kappa shape index (κ3) is 3.20. The number of rotatable bonds is 4. The summed E-state index contributed by atoms with van der Waals surface area (Å²) in [6, 6.07) is 6.42. The number of nitrogens with one attached hydrogen (secondary N) is 1. The highest BCUT2D eigenvalue weighted by atomic mass is 79.9. The van der Waals surface area contributed by atoms with Gasteiger partial charge in [0.2, 0.25) is 0 Å². The van der Waals surface area contributed by atoms with Crippen molar-refractivity contribution in [2.45, 2.75) is 23.8 Å². The average Bonchev–Trinajstić information content (AvgIpc) is 3.09. The average molecular weight is 471 g/mol. The van der Waals surface area contributed by atoms with Gasteiger partial charge in [-0.05, 0) is 59.1 Å². The zero-order chi connectivity index (χ0) is 20.1. The van der Waals surface area contributed by atoms with Gasteiger partial charge in [-0.1, -0.05) is 0 Å². The maximum Gasteiger partial charge on any atom is 0.341 e. The molecule has 0 radical (unpaired) electrons. The van der Waals surface area contributed by atoms with Crippen molar-refractivity contribution in [2.24, 2.45) is 0 Å². The Labute approximate surface area is 169 Å². The van der Waals surface area contributed by atoms with E-state index in [9.17, 15) is 22.7 Å². The summed E-state index contributed by atoms with van der Waals surface area (Å²) in [5, 5.41) is 9.73. The minimum Gasteiger partial charge on any atom is -0.488 e. The second-order valence-corrected chi connectivity index (χ2v) is 9.13. The summed E-state index contributed by atoms with van der Waals surface area (Å²) >= 11 is 3.03. The quantitative estimate of drug-likeness (QED) is 0.710. The number of carboxylic acid groups (broad SMARTS) is 1. The summed E-state index contributed by atoms with van der Waals surface area (Å²) in [5.41, 5.74) is 0.293. The Kier molecular flexibility index (Phi) is 4.70. The van der Waals surface area contributed by atoms with E-state index < -0.39 is 21.8 Å². The van der Waals surface area contributed by atoms with Crippen molar-refractivity contribution in [3.8, 4) is 5.75 Å². The fourth-order valence-electron chi connectivity index (χ4n) is 3.64. The minimum absolute atomic E-state index is 0.0333. The highest BCUT2D eigenvalue weighted by molar-refractivity contribution is 9.10. The van der Waals surface area contributed by atoms with E-state index in [2.05, 4.69) is 25.6 Å². The number of anilines is 2. The molecule has 2 aromatic rings. The number of hydrogen-bond donors (Lipinski definition) is 2. The number of hydrogen-bond acceptors (Lipinski definition) is 5. The molecule has 1 fully saturated rings. The molecule has 0 aromatic heterocycles. The molecule has 10 heteroatoms. The van der Waals surface area contributed by atoms with Gasteiger partial charge in [0.1, 0.15) is 22.9 Å². The zero-order valence-electron chi connectivity index (χ0n) is 14.5. The summed E-state index contributed by atoms with van der Waals surface area (Å²) in [6.45, 7) is 1.15. The second-order valence-electron chi connectivity index (χ2n) is 6.62. The number of aromatic carboxylic acids is 1. The lowest BCUT2D eigenvalue weighted by Gasteiger charge is -2.34. The summed E-state index contributed by atoms with van der Waals surface area (Å²) in [4.78, 5) is 13.8. The predicted molar refractivity (Wildman–Crippen MR) is 104 cm³/mol. The Morgan fingerprint density at radius 3 is 2.82 bits per heavy atom. The van der Waals surface area contributed by atoms with Gasteiger partial charge >= 0.3 is 5.97 Å². The van der Waals surface area contributed by atoms with Gasteiger partial charge in [0, 0.05) is 11.0 Å². The standard InChI is InChI=1S/C18H16BrFN2O5S/c19-12-8-10(20)3-6-15(12)28(25,26)21-13-4-5-14-17(16(13)18(23)24)27-9-11-2-1-7-22(11)14/h3-6,8,11,21H,1-2,7,9H2,(H,23,24)/t11-/m0/s1. The first kappa shape index (κ1) is 19.0. The fraction of sp³-hybridized carbons (Fsp3) is 0.278. The molecule has 148 valence electrons. The molecule has 7 nitrogen and oxygen atoms in total. The molecule has 0 aliphatic carbocycles. The van der Waals surface area contributed by atoms with Gasteiger partial charge in [-0.25, -0.2) is 17.6 Å². The largest absolute Gasteiger partial charge is 0.488 e. The van der Waals surface area contributed by atoms with Crippen LogP contribution in [0.25, 0.3) is 0 Å². The molecular weight excluding hydrogens is 455 g/mol. The number of benzene rings is 2. The third-order valence-electron chi connectivity index (χ3n) is 4.89. The molecule has 2 heterocycles. The molecule has 0 bridgehead atoms. The fourth-order valence-corrected chi connectivity index (χ4v) is 5.76. The molecule has 0 saturated carbocycles. The van der Waals surface area contributed by atoms with Crippen LogP contribution in [-0.4, -0.2) is 38.7 Å². The Hall–Kier alpha value is -2.33. The molecule has 28 heavy (non-hydrogen) atoms. The summed E-state index contributed by atoms with van der Waals surface area (Å²) in [5.74, 6) is -1.74. The maximum absolute atomic E-state index is 13.3. The van der Waals surface area contributed by atoms with E-state index in [1.807, 2.05) is 0 Å². The first-order valence-corrected chi connectivity index (χ1v) is 10.8. The first-order valence-electron chi connectivity index (χ1n) is 8.55. The molecule has 2 N–H and O–H groups in total. The van der Waals surface area contributed by atoms with Crippen molar-refractivity contribution in [3.05, 3.63) is 46.2 Å². The Balaban J connectivity index is 1.77. The van der Waals surface area contributed by atoms with Gasteiger partial charge in [0.05, 0.1) is 17.4 Å². The normalized spacial score (nSPS) is 18.2. The van der Waals surface area contributed by atoms with Crippen LogP contribution in [-0.2, 0) is 10.0 Å². The molecular formula is C18H16BrFN2O5S.